The van der Waals surface area contributed by atoms with Gasteiger partial charge in [-0.3, -0.25) is 14.9 Å². The Hall–Kier alpha value is -2.18. The zero-order chi connectivity index (χ0) is 15.7. The minimum atomic E-state index is -0.825. The molecule has 1 fully saturated rings. The summed E-state index contributed by atoms with van der Waals surface area (Å²) in [5, 5.41) is 10.9. The van der Waals surface area contributed by atoms with E-state index in [4.69, 9.17) is 5.73 Å². The van der Waals surface area contributed by atoms with Crippen molar-refractivity contribution in [3.05, 3.63) is 33.6 Å². The van der Waals surface area contributed by atoms with Gasteiger partial charge < -0.3 is 10.6 Å². The van der Waals surface area contributed by atoms with Crippen LogP contribution in [0.2, 0.25) is 0 Å². The topological polar surface area (TPSA) is 89.5 Å². The zero-order valence-corrected chi connectivity index (χ0v) is 12.0. The average molecular weight is 295 g/mol. The van der Waals surface area contributed by atoms with E-state index in [1.54, 1.807) is 0 Å². The van der Waals surface area contributed by atoms with Crippen LogP contribution in [-0.4, -0.2) is 28.8 Å². The van der Waals surface area contributed by atoms with Crippen LogP contribution in [0.4, 0.5) is 15.8 Å². The van der Waals surface area contributed by atoms with E-state index in [9.17, 15) is 19.3 Å². The molecule has 6 nitrogen and oxygen atoms in total. The molecule has 2 atom stereocenters. The van der Waals surface area contributed by atoms with Crippen LogP contribution in [0.25, 0.3) is 0 Å². The van der Waals surface area contributed by atoms with Gasteiger partial charge in [-0.2, -0.15) is 0 Å². The van der Waals surface area contributed by atoms with Gasteiger partial charge in [-0.25, -0.2) is 4.39 Å². The number of likely N-dealkylation sites (tertiary alicyclic amines) is 1. The number of nitro groups is 1. The molecule has 21 heavy (non-hydrogen) atoms. The largest absolute Gasteiger partial charge is 0.392 e. The van der Waals surface area contributed by atoms with Crippen molar-refractivity contribution in [2.45, 2.75) is 20.3 Å². The fourth-order valence-electron chi connectivity index (χ4n) is 2.95. The number of piperidine rings is 1. The van der Waals surface area contributed by atoms with Gasteiger partial charge in [0.1, 0.15) is 17.1 Å². The van der Waals surface area contributed by atoms with E-state index in [0.29, 0.717) is 24.9 Å². The third kappa shape index (κ3) is 2.96. The molecule has 114 valence electrons. The average Bonchev–Trinajstić information content (AvgIpc) is 2.36. The molecule has 1 heterocycles. The van der Waals surface area contributed by atoms with Gasteiger partial charge in [0, 0.05) is 19.2 Å². The van der Waals surface area contributed by atoms with Gasteiger partial charge >= 0.3 is 0 Å². The molecular formula is C14H18FN3O3. The number of amides is 1. The Morgan fingerprint density at radius 2 is 1.95 bits per heavy atom. The number of nitrogens with two attached hydrogens (primary N) is 1. The highest BCUT2D eigenvalue weighted by atomic mass is 19.1. The van der Waals surface area contributed by atoms with E-state index in [0.717, 1.165) is 18.6 Å². The summed E-state index contributed by atoms with van der Waals surface area (Å²) in [6, 6.07) is 1.89. The minimum Gasteiger partial charge on any atom is -0.392 e. The van der Waals surface area contributed by atoms with Gasteiger partial charge in [0.15, 0.2) is 0 Å². The first-order valence-corrected chi connectivity index (χ1v) is 6.82. The Balaban J connectivity index is 2.39. The lowest BCUT2D eigenvalue weighted by Gasteiger charge is -2.35. The second kappa shape index (κ2) is 5.67. The number of carbonyl (C=O) groups is 1. The fourth-order valence-corrected chi connectivity index (χ4v) is 2.95. The van der Waals surface area contributed by atoms with Crippen molar-refractivity contribution < 1.29 is 14.1 Å². The Morgan fingerprint density at radius 1 is 1.38 bits per heavy atom. The third-order valence-electron chi connectivity index (χ3n) is 3.74. The van der Waals surface area contributed by atoms with Crippen LogP contribution in [-0.2, 0) is 0 Å². The Labute approximate surface area is 121 Å². The van der Waals surface area contributed by atoms with Gasteiger partial charge in [0.2, 0.25) is 0 Å². The van der Waals surface area contributed by atoms with E-state index >= 15 is 0 Å². The van der Waals surface area contributed by atoms with E-state index in [-0.39, 0.29) is 0 Å². The highest BCUT2D eigenvalue weighted by Gasteiger charge is 2.31. The number of anilines is 1. The number of rotatable bonds is 2. The van der Waals surface area contributed by atoms with Crippen LogP contribution in [0.3, 0.4) is 0 Å². The van der Waals surface area contributed by atoms with Crippen LogP contribution in [0.15, 0.2) is 12.1 Å². The van der Waals surface area contributed by atoms with E-state index in [1.807, 2.05) is 13.8 Å². The number of halogens is 1. The Morgan fingerprint density at radius 3 is 2.48 bits per heavy atom. The van der Waals surface area contributed by atoms with Gasteiger partial charge in [-0.15, -0.1) is 0 Å². The number of carbonyl (C=O) groups excluding carboxylic acids is 1. The number of nitrogen functional groups attached to an aromatic ring is 1. The maximum atomic E-state index is 13.9. The molecule has 0 aromatic heterocycles. The number of nitrogens with zero attached hydrogens (tertiary/aromatic N) is 2. The highest BCUT2D eigenvalue weighted by Crippen LogP contribution is 2.30. The van der Waals surface area contributed by atoms with Crippen molar-refractivity contribution in [1.29, 1.82) is 0 Å². The van der Waals surface area contributed by atoms with Crippen molar-refractivity contribution in [3.8, 4) is 0 Å². The Bertz CT molecular complexity index is 581. The second-order valence-corrected chi connectivity index (χ2v) is 5.77. The number of benzene rings is 1. The summed E-state index contributed by atoms with van der Waals surface area (Å²) < 4.78 is 13.9. The van der Waals surface area contributed by atoms with E-state index in [1.165, 1.54) is 4.90 Å². The quantitative estimate of drug-likeness (QED) is 0.515. The number of hydrogen-bond donors (Lipinski definition) is 1. The molecule has 2 unspecified atom stereocenters. The van der Waals surface area contributed by atoms with Crippen molar-refractivity contribution in [3.63, 3.8) is 0 Å². The van der Waals surface area contributed by atoms with Crippen molar-refractivity contribution >= 4 is 17.3 Å². The molecule has 1 aromatic rings. The summed E-state index contributed by atoms with van der Waals surface area (Å²) in [5.74, 6) is -0.789. The smallest absolute Gasteiger partial charge is 0.293 e. The molecule has 0 radical (unpaired) electrons. The first-order chi connectivity index (χ1) is 9.81. The molecule has 1 saturated heterocycles. The van der Waals surface area contributed by atoms with Crippen LogP contribution in [0.1, 0.15) is 30.6 Å². The lowest BCUT2D eigenvalue weighted by Crippen LogP contribution is -2.43. The Kier molecular flexibility index (Phi) is 4.11. The first kappa shape index (κ1) is 15.2. The van der Waals surface area contributed by atoms with Crippen molar-refractivity contribution in [2.24, 2.45) is 11.8 Å². The molecule has 1 aliphatic rings. The molecule has 1 aliphatic heterocycles. The maximum Gasteiger partial charge on any atom is 0.293 e. The maximum absolute atomic E-state index is 13.9. The summed E-state index contributed by atoms with van der Waals surface area (Å²) in [6.07, 6.45) is 0.997. The van der Waals surface area contributed by atoms with Crippen molar-refractivity contribution in [1.82, 2.24) is 4.90 Å². The lowest BCUT2D eigenvalue weighted by molar-refractivity contribution is -0.384. The van der Waals surface area contributed by atoms with Crippen LogP contribution < -0.4 is 5.73 Å². The highest BCUT2D eigenvalue weighted by molar-refractivity contribution is 6.01. The number of hydrogen-bond acceptors (Lipinski definition) is 4. The standard InChI is InChI=1S/C14H18FN3O3/c1-8-5-9(2)7-17(6-8)14(19)12-10(15)3-4-11(13(12)16)18(20)21/h3-4,8-9H,5-7,16H2,1-2H3. The molecule has 1 amide bonds. The summed E-state index contributed by atoms with van der Waals surface area (Å²) in [7, 11) is 0. The summed E-state index contributed by atoms with van der Waals surface area (Å²) in [5.41, 5.74) is 4.38. The van der Waals surface area contributed by atoms with Crippen LogP contribution in [0.5, 0.6) is 0 Å². The van der Waals surface area contributed by atoms with Crippen molar-refractivity contribution in [2.75, 3.05) is 18.8 Å². The fraction of sp³-hybridized carbons (Fsp3) is 0.500. The normalized spacial score (nSPS) is 22.1. The summed E-state index contributed by atoms with van der Waals surface area (Å²) in [6.45, 7) is 5.04. The van der Waals surface area contributed by atoms with Gasteiger partial charge in [-0.1, -0.05) is 13.8 Å². The molecule has 0 spiro atoms. The van der Waals surface area contributed by atoms with E-state index in [2.05, 4.69) is 0 Å². The molecule has 2 rings (SSSR count). The van der Waals surface area contributed by atoms with Crippen LogP contribution >= 0.6 is 0 Å². The molecule has 0 saturated carbocycles. The van der Waals surface area contributed by atoms with Gasteiger partial charge in [0.05, 0.1) is 4.92 Å². The molecule has 1 aromatic carbocycles. The zero-order valence-electron chi connectivity index (χ0n) is 12.0. The van der Waals surface area contributed by atoms with E-state index < -0.39 is 33.6 Å². The third-order valence-corrected chi connectivity index (χ3v) is 3.74. The molecule has 7 heteroatoms. The van der Waals surface area contributed by atoms with Gasteiger partial charge in [0.25, 0.3) is 11.6 Å². The first-order valence-electron chi connectivity index (χ1n) is 6.82. The SMILES string of the molecule is CC1CC(C)CN(C(=O)c2c(F)ccc([N+](=O)[O-])c2N)C1. The van der Waals surface area contributed by atoms with Crippen LogP contribution in [0, 0.1) is 27.8 Å². The summed E-state index contributed by atoms with van der Waals surface area (Å²) in [4.78, 5) is 24.2. The summed E-state index contributed by atoms with van der Waals surface area (Å²) >= 11 is 0. The predicted molar refractivity (Wildman–Crippen MR) is 76.3 cm³/mol. The lowest BCUT2D eigenvalue weighted by atomic mass is 9.91. The predicted octanol–water partition coefficient (Wildman–Crippen LogP) is 2.43. The number of nitro benzene ring substituents is 1. The molecule has 0 aliphatic carbocycles. The second-order valence-electron chi connectivity index (χ2n) is 5.77. The minimum absolute atomic E-state index is 0.306. The molecule has 2 N–H and O–H groups in total. The monoisotopic (exact) mass is 295 g/mol. The molecular weight excluding hydrogens is 277 g/mol. The van der Waals surface area contributed by atoms with Gasteiger partial charge in [-0.05, 0) is 24.3 Å². The molecule has 0 bridgehead atoms.